The van der Waals surface area contributed by atoms with Crippen LogP contribution >= 0.6 is 0 Å². The van der Waals surface area contributed by atoms with Crippen molar-refractivity contribution in [3.05, 3.63) is 70.6 Å². The zero-order chi connectivity index (χ0) is 33.7. The summed E-state index contributed by atoms with van der Waals surface area (Å²) in [5, 5.41) is 0. The van der Waals surface area contributed by atoms with Crippen molar-refractivity contribution >= 4 is 35.2 Å². The molecular weight excluding hydrogens is 582 g/mol. The zero-order valence-corrected chi connectivity index (χ0v) is 27.4. The molecule has 0 saturated heterocycles. The van der Waals surface area contributed by atoms with Crippen molar-refractivity contribution in [3.8, 4) is 0 Å². The van der Waals surface area contributed by atoms with Gasteiger partial charge in [0.05, 0.1) is 17.6 Å². The summed E-state index contributed by atoms with van der Waals surface area (Å²) in [4.78, 5) is 68.1. The Balaban J connectivity index is 2.14. The van der Waals surface area contributed by atoms with Crippen LogP contribution in [0.4, 0.5) is 9.59 Å². The van der Waals surface area contributed by atoms with Gasteiger partial charge in [0.2, 0.25) is 0 Å². The first-order valence-corrected chi connectivity index (χ1v) is 14.6. The Labute approximate surface area is 262 Å². The summed E-state index contributed by atoms with van der Waals surface area (Å²) in [6.45, 7) is 13.7. The molecular formula is C33H43N3O9. The number of imide groups is 1. The van der Waals surface area contributed by atoms with E-state index in [4.69, 9.17) is 18.9 Å². The van der Waals surface area contributed by atoms with Gasteiger partial charge in [0, 0.05) is 0 Å². The molecule has 0 radical (unpaired) electrons. The molecule has 1 atom stereocenters. The highest BCUT2D eigenvalue weighted by molar-refractivity contribution is 5.94. The second-order valence-corrected chi connectivity index (χ2v) is 13.5. The summed E-state index contributed by atoms with van der Waals surface area (Å²) >= 11 is 0. The van der Waals surface area contributed by atoms with Crippen LogP contribution in [0, 0.1) is 0 Å². The summed E-state index contributed by atoms with van der Waals surface area (Å²) < 4.78 is 24.5. The molecule has 0 aliphatic carbocycles. The quantitative estimate of drug-likeness (QED) is 0.237. The lowest BCUT2D eigenvalue weighted by Crippen LogP contribution is -2.54. The molecule has 2 aromatic carbocycles. The maximum atomic E-state index is 13.9. The van der Waals surface area contributed by atoms with Crippen LogP contribution in [0.25, 0.3) is 11.0 Å². The van der Waals surface area contributed by atoms with Gasteiger partial charge in [0.1, 0.15) is 30.0 Å². The summed E-state index contributed by atoms with van der Waals surface area (Å²) in [5.41, 5.74) is -2.15. The molecule has 1 aromatic heterocycles. The lowest BCUT2D eigenvalue weighted by Gasteiger charge is -2.32. The molecule has 0 bridgehead atoms. The molecule has 12 heteroatoms. The minimum atomic E-state index is -1.70. The molecule has 3 rings (SSSR count). The number of nitrogens with zero attached hydrogens (tertiary/aromatic N) is 3. The molecule has 0 spiro atoms. The normalized spacial score (nSPS) is 12.7. The van der Waals surface area contributed by atoms with Crippen molar-refractivity contribution < 1.29 is 38.1 Å². The molecule has 12 nitrogen and oxygen atoms in total. The van der Waals surface area contributed by atoms with Crippen molar-refractivity contribution in [2.75, 3.05) is 0 Å². The number of aromatic nitrogens is 2. The van der Waals surface area contributed by atoms with E-state index in [-0.39, 0.29) is 6.61 Å². The van der Waals surface area contributed by atoms with Crippen LogP contribution < -0.4 is 5.69 Å². The summed E-state index contributed by atoms with van der Waals surface area (Å²) in [7, 11) is 0. The highest BCUT2D eigenvalue weighted by Gasteiger charge is 2.42. The van der Waals surface area contributed by atoms with Gasteiger partial charge in [-0.05, 0) is 80.0 Å². The van der Waals surface area contributed by atoms with Crippen LogP contribution in [0.2, 0.25) is 0 Å². The number of benzene rings is 2. The fourth-order valence-electron chi connectivity index (χ4n) is 4.32. The first-order chi connectivity index (χ1) is 20.8. The Morgan fingerprint density at radius 1 is 0.689 bits per heavy atom. The van der Waals surface area contributed by atoms with Crippen LogP contribution in [0.5, 0.6) is 0 Å². The molecule has 1 unspecified atom stereocenters. The molecule has 244 valence electrons. The van der Waals surface area contributed by atoms with E-state index < -0.39 is 65.7 Å². The average Bonchev–Trinajstić information content (AvgIpc) is 3.14. The van der Waals surface area contributed by atoms with E-state index in [0.717, 1.165) is 0 Å². The van der Waals surface area contributed by atoms with E-state index in [9.17, 15) is 24.0 Å². The molecule has 0 saturated carbocycles. The number of para-hydroxylation sites is 2. The molecule has 0 aliphatic rings. The number of amides is 2. The topological polar surface area (TPSA) is 135 Å². The van der Waals surface area contributed by atoms with Gasteiger partial charge in [0.25, 0.3) is 0 Å². The number of esters is 2. The monoisotopic (exact) mass is 625 g/mol. The summed E-state index contributed by atoms with van der Waals surface area (Å²) in [6, 6.07) is 13.8. The van der Waals surface area contributed by atoms with Gasteiger partial charge in [-0.3, -0.25) is 13.9 Å². The van der Waals surface area contributed by atoms with Gasteiger partial charge in [-0.15, -0.1) is 0 Å². The third kappa shape index (κ3) is 9.95. The highest BCUT2D eigenvalue weighted by atomic mass is 16.6. The summed E-state index contributed by atoms with van der Waals surface area (Å²) in [5.74, 6) is -1.62. The van der Waals surface area contributed by atoms with Gasteiger partial charge in [-0.1, -0.05) is 42.5 Å². The van der Waals surface area contributed by atoms with E-state index in [1.807, 2.05) is 0 Å². The van der Waals surface area contributed by atoms with E-state index >= 15 is 0 Å². The van der Waals surface area contributed by atoms with Crippen LogP contribution in [0.15, 0.2) is 59.4 Å². The predicted molar refractivity (Wildman–Crippen MR) is 166 cm³/mol. The van der Waals surface area contributed by atoms with Crippen LogP contribution in [-0.4, -0.2) is 61.0 Å². The van der Waals surface area contributed by atoms with Gasteiger partial charge in [-0.25, -0.2) is 19.2 Å². The molecule has 0 fully saturated rings. The van der Waals surface area contributed by atoms with Gasteiger partial charge >= 0.3 is 29.8 Å². The van der Waals surface area contributed by atoms with Gasteiger partial charge < -0.3 is 18.9 Å². The van der Waals surface area contributed by atoms with E-state index in [1.165, 1.54) is 9.13 Å². The number of ether oxygens (including phenoxy) is 4. The maximum Gasteiger partial charge on any atom is 0.420 e. The largest absolute Gasteiger partial charge is 0.459 e. The number of fused-ring (bicyclic) bond motifs is 1. The first-order valence-electron chi connectivity index (χ1n) is 14.6. The number of hydrogen-bond acceptors (Lipinski definition) is 9. The zero-order valence-electron chi connectivity index (χ0n) is 27.4. The molecule has 0 aliphatic heterocycles. The average molecular weight is 626 g/mol. The smallest absolute Gasteiger partial charge is 0.420 e. The van der Waals surface area contributed by atoms with Crippen molar-refractivity contribution in [1.29, 1.82) is 0 Å². The van der Waals surface area contributed by atoms with E-state index in [2.05, 4.69) is 0 Å². The van der Waals surface area contributed by atoms with Gasteiger partial charge in [0.15, 0.2) is 6.04 Å². The number of imidazole rings is 1. The molecule has 0 N–H and O–H groups in total. The Morgan fingerprint density at radius 3 is 1.64 bits per heavy atom. The van der Waals surface area contributed by atoms with Gasteiger partial charge in [-0.2, -0.15) is 4.90 Å². The fourth-order valence-corrected chi connectivity index (χ4v) is 4.32. The highest BCUT2D eigenvalue weighted by Crippen LogP contribution is 2.21. The minimum Gasteiger partial charge on any atom is -0.459 e. The molecule has 1 heterocycles. The first kappa shape index (κ1) is 34.9. The second-order valence-electron chi connectivity index (χ2n) is 13.5. The SMILES string of the molecule is CC(C)(C)OC(=O)Cn1c(=O)n(CC(C(=O)OCc2ccccc2)N(C(=O)OC(C)(C)C)C(=O)OC(C)(C)C)c2ccccc21. The predicted octanol–water partition coefficient (Wildman–Crippen LogP) is 5.43. The van der Waals surface area contributed by atoms with Crippen LogP contribution in [0.3, 0.4) is 0 Å². The second kappa shape index (κ2) is 13.6. The Hall–Kier alpha value is -4.61. The standard InChI is InChI=1S/C33H43N3O9/c1-31(2,3)43-26(37)20-35-24-18-14-13-17-23(24)34(28(35)39)19-25(27(38)42-21-22-15-11-10-12-16-22)36(29(40)44-32(4,5)6)30(41)45-33(7,8)9/h10-18,25H,19-21H2,1-9H3. The Kier molecular flexibility index (Phi) is 10.5. The van der Waals surface area contributed by atoms with E-state index in [0.29, 0.717) is 21.5 Å². The van der Waals surface area contributed by atoms with E-state index in [1.54, 1.807) is 117 Å². The molecule has 3 aromatic rings. The molecule has 45 heavy (non-hydrogen) atoms. The lowest BCUT2D eigenvalue weighted by atomic mass is 10.2. The van der Waals surface area contributed by atoms with Crippen molar-refractivity contribution in [1.82, 2.24) is 14.0 Å². The Morgan fingerprint density at radius 2 is 1.16 bits per heavy atom. The number of rotatable bonds is 8. The third-order valence-corrected chi connectivity index (χ3v) is 5.98. The van der Waals surface area contributed by atoms with Crippen molar-refractivity contribution in [2.45, 2.75) is 105 Å². The van der Waals surface area contributed by atoms with Crippen molar-refractivity contribution in [3.63, 3.8) is 0 Å². The minimum absolute atomic E-state index is 0.165. The maximum absolute atomic E-state index is 13.9. The third-order valence-electron chi connectivity index (χ3n) is 5.98. The fraction of sp³-hybridized carbons (Fsp3) is 0.485. The van der Waals surface area contributed by atoms with Crippen LogP contribution in [-0.2, 0) is 48.2 Å². The number of carbonyl (C=O) groups is 4. The molecule has 2 amide bonds. The number of hydrogen-bond donors (Lipinski definition) is 0. The van der Waals surface area contributed by atoms with Crippen LogP contribution in [0.1, 0.15) is 67.9 Å². The lowest BCUT2D eigenvalue weighted by molar-refractivity contribution is -0.155. The number of carbonyl (C=O) groups excluding carboxylic acids is 4. The van der Waals surface area contributed by atoms with Crippen molar-refractivity contribution in [2.24, 2.45) is 0 Å². The Bertz CT molecular complexity index is 1560. The summed E-state index contributed by atoms with van der Waals surface area (Å²) in [6.07, 6.45) is -2.33.